The highest BCUT2D eigenvalue weighted by atomic mass is 19.4. The summed E-state index contributed by atoms with van der Waals surface area (Å²) in [6.45, 7) is 3.22. The summed E-state index contributed by atoms with van der Waals surface area (Å²) < 4.78 is 44.1. The highest BCUT2D eigenvalue weighted by Gasteiger charge is 2.34. The molecule has 1 aliphatic heterocycles. The Labute approximate surface area is 162 Å². The Kier molecular flexibility index (Phi) is 6.24. The van der Waals surface area contributed by atoms with E-state index in [9.17, 15) is 18.0 Å². The molecule has 2 unspecified atom stereocenters. The van der Waals surface area contributed by atoms with Gasteiger partial charge in [0.2, 0.25) is 0 Å². The van der Waals surface area contributed by atoms with E-state index in [4.69, 9.17) is 4.74 Å². The van der Waals surface area contributed by atoms with Gasteiger partial charge in [-0.2, -0.15) is 13.2 Å². The quantitative estimate of drug-likeness (QED) is 0.807. The monoisotopic (exact) mass is 392 g/mol. The molecule has 7 heteroatoms. The van der Waals surface area contributed by atoms with Crippen LogP contribution in [0.1, 0.15) is 30.5 Å². The van der Waals surface area contributed by atoms with E-state index in [1.165, 1.54) is 23.8 Å². The number of rotatable bonds is 6. The molecule has 0 aromatic heterocycles. The molecule has 0 radical (unpaired) electrons. The fraction of sp³-hybridized carbons (Fsp3) is 0.381. The van der Waals surface area contributed by atoms with Gasteiger partial charge in [0.25, 0.3) is 5.91 Å². The normalized spacial score (nSPS) is 18.6. The van der Waals surface area contributed by atoms with Crippen molar-refractivity contribution in [3.8, 4) is 5.75 Å². The first-order valence-corrected chi connectivity index (χ1v) is 9.22. The van der Waals surface area contributed by atoms with Gasteiger partial charge in [0.1, 0.15) is 5.75 Å². The Hall–Kier alpha value is -2.54. The van der Waals surface area contributed by atoms with Crippen LogP contribution in [0.5, 0.6) is 5.75 Å². The first kappa shape index (κ1) is 20.2. The van der Waals surface area contributed by atoms with Gasteiger partial charge in [-0.25, -0.2) is 0 Å². The van der Waals surface area contributed by atoms with Crippen LogP contribution < -0.4 is 10.1 Å². The number of carbonyl (C=O) groups is 1. The average Bonchev–Trinajstić information content (AvgIpc) is 3.14. The second kappa shape index (κ2) is 8.65. The lowest BCUT2D eigenvalue weighted by Crippen LogP contribution is -2.40. The van der Waals surface area contributed by atoms with Crippen LogP contribution in [0.4, 0.5) is 13.2 Å². The van der Waals surface area contributed by atoms with Gasteiger partial charge < -0.3 is 10.1 Å². The number of nitrogens with one attached hydrogen (secondary N) is 1. The van der Waals surface area contributed by atoms with Crippen molar-refractivity contribution in [1.29, 1.82) is 0 Å². The van der Waals surface area contributed by atoms with Crippen molar-refractivity contribution < 1.29 is 22.7 Å². The highest BCUT2D eigenvalue weighted by Crippen LogP contribution is 2.35. The maximum absolute atomic E-state index is 13.0. The van der Waals surface area contributed by atoms with E-state index in [0.717, 1.165) is 19.0 Å². The van der Waals surface area contributed by atoms with Crippen molar-refractivity contribution in [2.75, 3.05) is 19.7 Å². The molecule has 1 aliphatic rings. The van der Waals surface area contributed by atoms with Crippen LogP contribution in [0.15, 0.2) is 54.6 Å². The molecule has 150 valence electrons. The lowest BCUT2D eigenvalue weighted by Gasteiger charge is -2.24. The van der Waals surface area contributed by atoms with Gasteiger partial charge in [-0.05, 0) is 31.0 Å². The molecule has 1 N–H and O–H groups in total. The Bertz CT molecular complexity index is 796. The molecule has 4 nitrogen and oxygen atoms in total. The van der Waals surface area contributed by atoms with Gasteiger partial charge in [-0.15, -0.1) is 0 Å². The predicted octanol–water partition coefficient (Wildman–Crippen LogP) is 4.04. The van der Waals surface area contributed by atoms with Gasteiger partial charge in [-0.1, -0.05) is 42.5 Å². The number of amides is 1. The molecule has 2 aromatic rings. The van der Waals surface area contributed by atoms with Crippen LogP contribution >= 0.6 is 0 Å². The minimum Gasteiger partial charge on any atom is -0.483 e. The minimum absolute atomic E-state index is 0.0416. The Morgan fingerprint density at radius 3 is 2.57 bits per heavy atom. The second-order valence-electron chi connectivity index (χ2n) is 6.92. The SMILES string of the molecule is CC(c1ccccc1)N1CCC(NC(=O)COc2ccccc2C(F)(F)F)C1. The maximum Gasteiger partial charge on any atom is 0.419 e. The maximum atomic E-state index is 13.0. The van der Waals surface area contributed by atoms with Crippen LogP contribution in [-0.4, -0.2) is 36.5 Å². The molecule has 1 amide bonds. The van der Waals surface area contributed by atoms with Crippen molar-refractivity contribution in [3.63, 3.8) is 0 Å². The molecule has 1 heterocycles. The van der Waals surface area contributed by atoms with E-state index in [1.54, 1.807) is 0 Å². The van der Waals surface area contributed by atoms with Crippen molar-refractivity contribution in [1.82, 2.24) is 10.2 Å². The summed E-state index contributed by atoms with van der Waals surface area (Å²) in [4.78, 5) is 14.4. The molecule has 3 rings (SSSR count). The number of ether oxygens (including phenoxy) is 1. The molecule has 2 aromatic carbocycles. The molecule has 0 spiro atoms. The van der Waals surface area contributed by atoms with Crippen molar-refractivity contribution in [3.05, 3.63) is 65.7 Å². The van der Waals surface area contributed by atoms with Gasteiger partial charge in [0.15, 0.2) is 6.61 Å². The number of hydrogen-bond acceptors (Lipinski definition) is 3. The number of alkyl halides is 3. The number of likely N-dealkylation sites (tertiary alicyclic amines) is 1. The summed E-state index contributed by atoms with van der Waals surface area (Å²) in [5.74, 6) is -0.757. The largest absolute Gasteiger partial charge is 0.483 e. The van der Waals surface area contributed by atoms with E-state index in [1.807, 2.05) is 18.2 Å². The van der Waals surface area contributed by atoms with Crippen LogP contribution in [0.2, 0.25) is 0 Å². The van der Waals surface area contributed by atoms with Gasteiger partial charge in [-0.3, -0.25) is 9.69 Å². The van der Waals surface area contributed by atoms with Gasteiger partial charge >= 0.3 is 6.18 Å². The molecule has 1 saturated heterocycles. The summed E-state index contributed by atoms with van der Waals surface area (Å²) in [5.41, 5.74) is 0.327. The number of para-hydroxylation sites is 1. The molecular formula is C21H23F3N2O2. The van der Waals surface area contributed by atoms with E-state index in [-0.39, 0.29) is 17.8 Å². The van der Waals surface area contributed by atoms with Gasteiger partial charge in [0.05, 0.1) is 5.56 Å². The Balaban J connectivity index is 1.50. The number of halogens is 3. The van der Waals surface area contributed by atoms with Crippen molar-refractivity contribution in [2.24, 2.45) is 0 Å². The van der Waals surface area contributed by atoms with Crippen LogP contribution in [0.3, 0.4) is 0 Å². The van der Waals surface area contributed by atoms with Crippen LogP contribution in [-0.2, 0) is 11.0 Å². The number of carbonyl (C=O) groups excluding carboxylic acids is 1. The second-order valence-corrected chi connectivity index (χ2v) is 6.92. The third kappa shape index (κ3) is 5.04. The van der Waals surface area contributed by atoms with E-state index >= 15 is 0 Å². The fourth-order valence-corrected chi connectivity index (χ4v) is 3.44. The van der Waals surface area contributed by atoms with Crippen molar-refractivity contribution in [2.45, 2.75) is 31.6 Å². The van der Waals surface area contributed by atoms with E-state index in [2.05, 4.69) is 29.3 Å². The third-order valence-corrected chi connectivity index (χ3v) is 4.97. The molecule has 2 atom stereocenters. The lowest BCUT2D eigenvalue weighted by molar-refractivity contribution is -0.139. The first-order chi connectivity index (χ1) is 13.3. The standard InChI is InChI=1S/C21H23F3N2O2/c1-15(16-7-3-2-4-8-16)26-12-11-17(13-26)25-20(27)14-28-19-10-6-5-9-18(19)21(22,23)24/h2-10,15,17H,11-14H2,1H3,(H,25,27). The van der Waals surface area contributed by atoms with Crippen LogP contribution in [0.25, 0.3) is 0 Å². The fourth-order valence-electron chi connectivity index (χ4n) is 3.44. The molecule has 28 heavy (non-hydrogen) atoms. The number of nitrogens with zero attached hydrogens (tertiary/aromatic N) is 1. The topological polar surface area (TPSA) is 41.6 Å². The summed E-state index contributed by atoms with van der Waals surface area (Å²) in [5, 5.41) is 2.86. The Morgan fingerprint density at radius 2 is 1.86 bits per heavy atom. The third-order valence-electron chi connectivity index (χ3n) is 4.97. The zero-order chi connectivity index (χ0) is 20.1. The molecular weight excluding hydrogens is 369 g/mol. The zero-order valence-corrected chi connectivity index (χ0v) is 15.6. The van der Waals surface area contributed by atoms with E-state index in [0.29, 0.717) is 6.54 Å². The molecule has 0 saturated carbocycles. The Morgan fingerprint density at radius 1 is 1.18 bits per heavy atom. The lowest BCUT2D eigenvalue weighted by atomic mass is 10.1. The summed E-state index contributed by atoms with van der Waals surface area (Å²) in [6.07, 6.45) is -3.73. The van der Waals surface area contributed by atoms with Gasteiger partial charge in [0, 0.05) is 25.2 Å². The molecule has 1 fully saturated rings. The zero-order valence-electron chi connectivity index (χ0n) is 15.6. The predicted molar refractivity (Wildman–Crippen MR) is 99.9 cm³/mol. The van der Waals surface area contributed by atoms with Crippen LogP contribution in [0, 0.1) is 0 Å². The smallest absolute Gasteiger partial charge is 0.419 e. The number of hydrogen-bond donors (Lipinski definition) is 1. The summed E-state index contributed by atoms with van der Waals surface area (Å²) in [6, 6.07) is 15.2. The minimum atomic E-state index is -4.52. The molecule has 0 bridgehead atoms. The van der Waals surface area contributed by atoms with E-state index < -0.39 is 24.3 Å². The summed E-state index contributed by atoms with van der Waals surface area (Å²) >= 11 is 0. The number of benzene rings is 2. The highest BCUT2D eigenvalue weighted by molar-refractivity contribution is 5.78. The van der Waals surface area contributed by atoms with Crippen molar-refractivity contribution >= 4 is 5.91 Å². The summed E-state index contributed by atoms with van der Waals surface area (Å²) in [7, 11) is 0. The first-order valence-electron chi connectivity index (χ1n) is 9.22. The average molecular weight is 392 g/mol. The molecule has 0 aliphatic carbocycles.